The molecule has 0 aliphatic carbocycles. The van der Waals surface area contributed by atoms with E-state index in [2.05, 4.69) is 0 Å². The van der Waals surface area contributed by atoms with E-state index in [1.54, 1.807) is 6.92 Å². The first kappa shape index (κ1) is 12.7. The minimum Gasteiger partial charge on any atom is -0.493 e. The molecular weight excluding hydrogens is 213 g/mol. The van der Waals surface area contributed by atoms with Crippen molar-refractivity contribution in [2.75, 3.05) is 14.2 Å². The summed E-state index contributed by atoms with van der Waals surface area (Å²) in [6, 6.07) is 2.00. The average Bonchev–Trinajstić information content (AvgIpc) is 2.27. The predicted octanol–water partition coefficient (Wildman–Crippen LogP) is 1.22. The van der Waals surface area contributed by atoms with E-state index in [9.17, 15) is 9.50 Å². The van der Waals surface area contributed by atoms with E-state index in [1.807, 2.05) is 0 Å². The first-order valence-corrected chi connectivity index (χ1v) is 4.86. The fraction of sp³-hybridized carbons (Fsp3) is 0.455. The van der Waals surface area contributed by atoms with Crippen molar-refractivity contribution in [1.29, 1.82) is 0 Å². The van der Waals surface area contributed by atoms with Crippen molar-refractivity contribution >= 4 is 0 Å². The Labute approximate surface area is 93.8 Å². The van der Waals surface area contributed by atoms with Crippen LogP contribution < -0.4 is 15.2 Å². The third-order valence-corrected chi connectivity index (χ3v) is 2.32. The molecular formula is C11H16FNO3. The molecule has 2 atom stereocenters. The number of aliphatic hydroxyl groups excluding tert-OH is 1. The molecule has 0 spiro atoms. The number of benzene rings is 1. The number of aliphatic hydroxyl groups is 1. The van der Waals surface area contributed by atoms with Gasteiger partial charge in [0.2, 0.25) is 0 Å². The van der Waals surface area contributed by atoms with Crippen LogP contribution in [-0.2, 0) is 0 Å². The molecule has 0 amide bonds. The SMILES string of the molecule is COc1cc(F)c([C@H](O)[C@@H](C)N)cc1OC. The zero-order valence-electron chi connectivity index (χ0n) is 9.53. The third kappa shape index (κ3) is 2.43. The van der Waals surface area contributed by atoms with Crippen LogP contribution in [0.5, 0.6) is 11.5 Å². The van der Waals surface area contributed by atoms with Crippen LogP contribution in [0.3, 0.4) is 0 Å². The van der Waals surface area contributed by atoms with E-state index in [1.165, 1.54) is 26.4 Å². The van der Waals surface area contributed by atoms with E-state index in [-0.39, 0.29) is 11.3 Å². The molecule has 5 heteroatoms. The predicted molar refractivity (Wildman–Crippen MR) is 58.1 cm³/mol. The van der Waals surface area contributed by atoms with Crippen LogP contribution in [0.1, 0.15) is 18.6 Å². The molecule has 0 aromatic heterocycles. The highest BCUT2D eigenvalue weighted by Gasteiger charge is 2.20. The molecule has 0 unspecified atom stereocenters. The van der Waals surface area contributed by atoms with Gasteiger partial charge in [-0.1, -0.05) is 0 Å². The molecule has 1 rings (SSSR count). The highest BCUT2D eigenvalue weighted by molar-refractivity contribution is 5.44. The van der Waals surface area contributed by atoms with Crippen molar-refractivity contribution in [3.05, 3.63) is 23.5 Å². The number of rotatable bonds is 4. The Bertz CT molecular complexity index is 368. The fourth-order valence-electron chi connectivity index (χ4n) is 1.38. The normalized spacial score (nSPS) is 14.4. The zero-order valence-corrected chi connectivity index (χ0v) is 9.53. The maximum atomic E-state index is 13.6. The molecule has 0 fully saturated rings. The maximum Gasteiger partial charge on any atom is 0.163 e. The molecule has 3 N–H and O–H groups in total. The van der Waals surface area contributed by atoms with Gasteiger partial charge in [0.1, 0.15) is 5.82 Å². The summed E-state index contributed by atoms with van der Waals surface area (Å²) in [6.07, 6.45) is -1.07. The molecule has 0 aliphatic heterocycles. The molecule has 0 radical (unpaired) electrons. The molecule has 0 aliphatic rings. The summed E-state index contributed by atoms with van der Waals surface area (Å²) in [6.45, 7) is 1.60. The van der Waals surface area contributed by atoms with Gasteiger partial charge in [-0.05, 0) is 13.0 Å². The molecule has 0 heterocycles. The molecule has 1 aromatic carbocycles. The van der Waals surface area contributed by atoms with E-state index in [0.29, 0.717) is 5.75 Å². The van der Waals surface area contributed by atoms with Crippen molar-refractivity contribution in [3.63, 3.8) is 0 Å². The Morgan fingerprint density at radius 3 is 2.19 bits per heavy atom. The van der Waals surface area contributed by atoms with Gasteiger partial charge in [0.25, 0.3) is 0 Å². The standard InChI is InChI=1S/C11H16FNO3/c1-6(13)11(14)7-4-9(15-2)10(16-3)5-8(7)12/h4-6,11,14H,13H2,1-3H3/t6-,11-/m1/s1. The van der Waals surface area contributed by atoms with Gasteiger partial charge in [-0.15, -0.1) is 0 Å². The summed E-state index contributed by atoms with van der Waals surface area (Å²) in [4.78, 5) is 0. The van der Waals surface area contributed by atoms with Crippen LogP contribution in [0.4, 0.5) is 4.39 Å². The molecule has 16 heavy (non-hydrogen) atoms. The van der Waals surface area contributed by atoms with Crippen LogP contribution in [0, 0.1) is 5.82 Å². The highest BCUT2D eigenvalue weighted by Crippen LogP contribution is 2.32. The van der Waals surface area contributed by atoms with E-state index in [4.69, 9.17) is 15.2 Å². The van der Waals surface area contributed by atoms with Crippen LogP contribution in [0.15, 0.2) is 12.1 Å². The second-order valence-corrected chi connectivity index (χ2v) is 3.53. The molecule has 4 nitrogen and oxygen atoms in total. The largest absolute Gasteiger partial charge is 0.493 e. The van der Waals surface area contributed by atoms with Crippen molar-refractivity contribution in [2.24, 2.45) is 5.73 Å². The minimum absolute atomic E-state index is 0.104. The number of methoxy groups -OCH3 is 2. The van der Waals surface area contributed by atoms with Gasteiger partial charge in [0.05, 0.1) is 20.3 Å². The summed E-state index contributed by atoms with van der Waals surface area (Å²) in [7, 11) is 2.86. The van der Waals surface area contributed by atoms with Crippen LogP contribution in [0.2, 0.25) is 0 Å². The summed E-state index contributed by atoms with van der Waals surface area (Å²) >= 11 is 0. The Hall–Kier alpha value is -1.33. The molecule has 0 bridgehead atoms. The first-order valence-electron chi connectivity index (χ1n) is 4.86. The highest BCUT2D eigenvalue weighted by atomic mass is 19.1. The molecule has 0 saturated heterocycles. The monoisotopic (exact) mass is 229 g/mol. The molecule has 90 valence electrons. The third-order valence-electron chi connectivity index (χ3n) is 2.32. The fourth-order valence-corrected chi connectivity index (χ4v) is 1.38. The van der Waals surface area contributed by atoms with Crippen LogP contribution in [0.25, 0.3) is 0 Å². The van der Waals surface area contributed by atoms with Gasteiger partial charge in [0, 0.05) is 17.7 Å². The molecule has 1 aromatic rings. The quantitative estimate of drug-likeness (QED) is 0.814. The smallest absolute Gasteiger partial charge is 0.163 e. The van der Waals surface area contributed by atoms with Crippen LogP contribution >= 0.6 is 0 Å². The van der Waals surface area contributed by atoms with Crippen molar-refractivity contribution < 1.29 is 19.0 Å². The van der Waals surface area contributed by atoms with Gasteiger partial charge < -0.3 is 20.3 Å². The summed E-state index contributed by atoms with van der Waals surface area (Å²) < 4.78 is 23.6. The summed E-state index contributed by atoms with van der Waals surface area (Å²) in [5.41, 5.74) is 5.61. The lowest BCUT2D eigenvalue weighted by molar-refractivity contribution is 0.148. The average molecular weight is 229 g/mol. The van der Waals surface area contributed by atoms with E-state index in [0.717, 1.165) is 0 Å². The maximum absolute atomic E-state index is 13.6. The number of hydrogen-bond acceptors (Lipinski definition) is 4. The van der Waals surface area contributed by atoms with Gasteiger partial charge in [-0.3, -0.25) is 0 Å². The topological polar surface area (TPSA) is 64.7 Å². The number of hydrogen-bond donors (Lipinski definition) is 2. The summed E-state index contributed by atoms with van der Waals surface area (Å²) in [5.74, 6) is 0.0710. The lowest BCUT2D eigenvalue weighted by atomic mass is 10.0. The van der Waals surface area contributed by atoms with Crippen molar-refractivity contribution in [2.45, 2.75) is 19.1 Å². The van der Waals surface area contributed by atoms with E-state index >= 15 is 0 Å². The number of nitrogens with two attached hydrogens (primary N) is 1. The molecule has 0 saturated carbocycles. The second-order valence-electron chi connectivity index (χ2n) is 3.53. The Morgan fingerprint density at radius 2 is 1.75 bits per heavy atom. The lowest BCUT2D eigenvalue weighted by Gasteiger charge is -2.17. The first-order chi connectivity index (χ1) is 7.51. The number of halogens is 1. The number of ether oxygens (including phenoxy) is 2. The Balaban J connectivity index is 3.21. The Morgan fingerprint density at radius 1 is 1.25 bits per heavy atom. The van der Waals surface area contributed by atoms with Crippen molar-refractivity contribution in [1.82, 2.24) is 0 Å². The minimum atomic E-state index is -1.07. The second kappa shape index (κ2) is 5.14. The van der Waals surface area contributed by atoms with Gasteiger partial charge in [-0.2, -0.15) is 0 Å². The van der Waals surface area contributed by atoms with E-state index < -0.39 is 18.0 Å². The van der Waals surface area contributed by atoms with Crippen molar-refractivity contribution in [3.8, 4) is 11.5 Å². The van der Waals surface area contributed by atoms with Crippen LogP contribution in [-0.4, -0.2) is 25.4 Å². The summed E-state index contributed by atoms with van der Waals surface area (Å²) in [5, 5.41) is 9.70. The zero-order chi connectivity index (χ0) is 12.3. The van der Waals surface area contributed by atoms with Gasteiger partial charge >= 0.3 is 0 Å². The lowest BCUT2D eigenvalue weighted by Crippen LogP contribution is -2.25. The van der Waals surface area contributed by atoms with Gasteiger partial charge in [0.15, 0.2) is 11.5 Å². The van der Waals surface area contributed by atoms with Gasteiger partial charge in [-0.25, -0.2) is 4.39 Å². The Kier molecular flexibility index (Phi) is 4.09.